The van der Waals surface area contributed by atoms with Crippen LogP contribution in [0.15, 0.2) is 17.3 Å². The Bertz CT molecular complexity index is 534. The minimum atomic E-state index is -3.88. The summed E-state index contributed by atoms with van der Waals surface area (Å²) in [5.41, 5.74) is 4.25. The molecule has 0 bridgehead atoms. The second-order valence-corrected chi connectivity index (χ2v) is 5.82. The molecule has 0 aliphatic heterocycles. The standard InChI is InChI=1S/C9H16N4O3S/c1-6(2)9(3,8(10)14)13-5-4-7(12-13)17(11,15)16/h4-6H,1-3H3,(H2,10,14)(H2,11,15,16). The molecule has 1 rings (SSSR count). The van der Waals surface area contributed by atoms with Gasteiger partial charge >= 0.3 is 0 Å². The number of carbonyl (C=O) groups is 1. The highest BCUT2D eigenvalue weighted by atomic mass is 32.2. The number of sulfonamides is 1. The molecule has 7 nitrogen and oxygen atoms in total. The summed E-state index contributed by atoms with van der Waals surface area (Å²) in [6.45, 7) is 5.19. The topological polar surface area (TPSA) is 121 Å². The fourth-order valence-electron chi connectivity index (χ4n) is 1.38. The number of hydrogen-bond acceptors (Lipinski definition) is 4. The molecular weight excluding hydrogens is 244 g/mol. The Morgan fingerprint density at radius 3 is 2.35 bits per heavy atom. The third-order valence-electron chi connectivity index (χ3n) is 2.96. The van der Waals surface area contributed by atoms with Gasteiger partial charge in [-0.15, -0.1) is 0 Å². The number of primary amides is 1. The van der Waals surface area contributed by atoms with Gasteiger partial charge in [0, 0.05) is 6.20 Å². The SMILES string of the molecule is CC(C)C(C)(C(N)=O)n1ccc(S(N)(=O)=O)n1. The summed E-state index contributed by atoms with van der Waals surface area (Å²) >= 11 is 0. The Morgan fingerprint density at radius 1 is 1.53 bits per heavy atom. The van der Waals surface area contributed by atoms with E-state index in [0.717, 1.165) is 0 Å². The molecule has 1 heterocycles. The summed E-state index contributed by atoms with van der Waals surface area (Å²) in [6, 6.07) is 1.24. The predicted molar refractivity (Wildman–Crippen MR) is 61.3 cm³/mol. The number of amides is 1. The summed E-state index contributed by atoms with van der Waals surface area (Å²) in [5.74, 6) is -0.732. The minimum Gasteiger partial charge on any atom is -0.368 e. The Hall–Kier alpha value is -1.41. The largest absolute Gasteiger partial charge is 0.368 e. The quantitative estimate of drug-likeness (QED) is 0.749. The Morgan fingerprint density at radius 2 is 2.06 bits per heavy atom. The van der Waals surface area contributed by atoms with Crippen molar-refractivity contribution in [1.82, 2.24) is 9.78 Å². The fraction of sp³-hybridized carbons (Fsp3) is 0.556. The van der Waals surface area contributed by atoms with Crippen LogP contribution in [0.4, 0.5) is 0 Å². The van der Waals surface area contributed by atoms with Crippen LogP contribution in [0.5, 0.6) is 0 Å². The molecule has 0 aromatic carbocycles. The summed E-state index contributed by atoms with van der Waals surface area (Å²) in [7, 11) is -3.88. The summed E-state index contributed by atoms with van der Waals surface area (Å²) < 4.78 is 23.4. The van der Waals surface area contributed by atoms with Crippen molar-refractivity contribution >= 4 is 15.9 Å². The summed E-state index contributed by atoms with van der Waals surface area (Å²) in [5, 5.41) is 8.46. The molecule has 1 unspecified atom stereocenters. The Kier molecular flexibility index (Phi) is 3.30. The highest BCUT2D eigenvalue weighted by molar-refractivity contribution is 7.89. The first kappa shape index (κ1) is 13.7. The first-order chi connectivity index (χ1) is 7.60. The number of aromatic nitrogens is 2. The number of nitrogens with two attached hydrogens (primary N) is 2. The van der Waals surface area contributed by atoms with Crippen LogP contribution in [0, 0.1) is 5.92 Å². The third kappa shape index (κ3) is 2.32. The number of nitrogens with zero attached hydrogens (tertiary/aromatic N) is 2. The molecule has 1 aromatic heterocycles. The van der Waals surface area contributed by atoms with E-state index in [1.807, 2.05) is 0 Å². The van der Waals surface area contributed by atoms with Gasteiger partial charge in [-0.25, -0.2) is 13.6 Å². The molecule has 0 saturated heterocycles. The smallest absolute Gasteiger partial charge is 0.257 e. The van der Waals surface area contributed by atoms with Gasteiger partial charge in [-0.1, -0.05) is 13.8 Å². The van der Waals surface area contributed by atoms with Crippen molar-refractivity contribution in [2.24, 2.45) is 16.8 Å². The van der Waals surface area contributed by atoms with E-state index in [9.17, 15) is 13.2 Å². The van der Waals surface area contributed by atoms with Crippen LogP contribution in [-0.4, -0.2) is 24.1 Å². The molecule has 1 aromatic rings. The molecule has 0 saturated carbocycles. The normalized spacial score (nSPS) is 15.8. The van der Waals surface area contributed by atoms with E-state index in [1.54, 1.807) is 20.8 Å². The molecule has 96 valence electrons. The van der Waals surface area contributed by atoms with E-state index in [-0.39, 0.29) is 10.9 Å². The molecule has 1 amide bonds. The second kappa shape index (κ2) is 4.11. The van der Waals surface area contributed by atoms with Crippen molar-refractivity contribution in [1.29, 1.82) is 0 Å². The van der Waals surface area contributed by atoms with Crippen LogP contribution in [0.1, 0.15) is 20.8 Å². The van der Waals surface area contributed by atoms with Gasteiger partial charge in [0.05, 0.1) is 0 Å². The van der Waals surface area contributed by atoms with Crippen molar-refractivity contribution in [3.63, 3.8) is 0 Å². The van der Waals surface area contributed by atoms with Crippen molar-refractivity contribution < 1.29 is 13.2 Å². The maximum absolute atomic E-state index is 11.5. The van der Waals surface area contributed by atoms with Crippen molar-refractivity contribution in [2.45, 2.75) is 31.3 Å². The van der Waals surface area contributed by atoms with Gasteiger partial charge in [-0.3, -0.25) is 9.48 Å². The molecular formula is C9H16N4O3S. The predicted octanol–water partition coefficient (Wildman–Crippen LogP) is -0.613. The van der Waals surface area contributed by atoms with Crippen LogP contribution >= 0.6 is 0 Å². The van der Waals surface area contributed by atoms with E-state index in [1.165, 1.54) is 16.9 Å². The van der Waals surface area contributed by atoms with Gasteiger partial charge in [-0.05, 0) is 18.9 Å². The van der Waals surface area contributed by atoms with Crippen LogP contribution < -0.4 is 10.9 Å². The van der Waals surface area contributed by atoms with Gasteiger partial charge in [-0.2, -0.15) is 5.10 Å². The molecule has 17 heavy (non-hydrogen) atoms. The van der Waals surface area contributed by atoms with E-state index >= 15 is 0 Å². The number of rotatable bonds is 4. The molecule has 1 atom stereocenters. The molecule has 0 fully saturated rings. The fourth-order valence-corrected chi connectivity index (χ4v) is 1.83. The van der Waals surface area contributed by atoms with Crippen molar-refractivity contribution in [3.8, 4) is 0 Å². The first-order valence-corrected chi connectivity index (χ1v) is 6.53. The van der Waals surface area contributed by atoms with Crippen LogP contribution in [0.25, 0.3) is 0 Å². The molecule has 4 N–H and O–H groups in total. The van der Waals surface area contributed by atoms with Gasteiger partial charge in [0.1, 0.15) is 5.54 Å². The molecule has 0 spiro atoms. The zero-order valence-corrected chi connectivity index (χ0v) is 10.7. The molecule has 0 aliphatic carbocycles. The Balaban J connectivity index is 3.33. The number of primary sulfonamides is 1. The van der Waals surface area contributed by atoms with Crippen molar-refractivity contribution in [3.05, 3.63) is 12.3 Å². The lowest BCUT2D eigenvalue weighted by Gasteiger charge is -2.30. The van der Waals surface area contributed by atoms with E-state index in [0.29, 0.717) is 0 Å². The van der Waals surface area contributed by atoms with Crippen LogP contribution in [-0.2, 0) is 20.4 Å². The number of carbonyl (C=O) groups excluding carboxylic acids is 1. The zero-order valence-electron chi connectivity index (χ0n) is 9.91. The van der Waals surface area contributed by atoms with Gasteiger partial charge < -0.3 is 5.73 Å². The molecule has 8 heteroatoms. The first-order valence-electron chi connectivity index (χ1n) is 4.99. The highest BCUT2D eigenvalue weighted by Crippen LogP contribution is 2.25. The Labute approximate surface area is 99.8 Å². The average Bonchev–Trinajstić information content (AvgIpc) is 2.63. The lowest BCUT2D eigenvalue weighted by atomic mass is 9.88. The number of hydrogen-bond donors (Lipinski definition) is 2. The highest BCUT2D eigenvalue weighted by Gasteiger charge is 2.38. The second-order valence-electron chi connectivity index (χ2n) is 4.31. The zero-order chi connectivity index (χ0) is 13.4. The lowest BCUT2D eigenvalue weighted by molar-refractivity contribution is -0.128. The van der Waals surface area contributed by atoms with E-state index in [4.69, 9.17) is 10.9 Å². The maximum atomic E-state index is 11.5. The third-order valence-corrected chi connectivity index (χ3v) is 3.76. The van der Waals surface area contributed by atoms with Crippen LogP contribution in [0.2, 0.25) is 0 Å². The minimum absolute atomic E-state index is 0.145. The summed E-state index contributed by atoms with van der Waals surface area (Å²) in [4.78, 5) is 11.5. The van der Waals surface area contributed by atoms with E-state index in [2.05, 4.69) is 5.10 Å². The molecule has 0 aliphatic rings. The molecule has 0 radical (unpaired) electrons. The van der Waals surface area contributed by atoms with Gasteiger partial charge in [0.25, 0.3) is 10.0 Å². The van der Waals surface area contributed by atoms with Crippen molar-refractivity contribution in [2.75, 3.05) is 0 Å². The van der Waals surface area contributed by atoms with Crippen LogP contribution in [0.3, 0.4) is 0 Å². The monoisotopic (exact) mass is 260 g/mol. The van der Waals surface area contributed by atoms with Gasteiger partial charge in [0.2, 0.25) is 5.91 Å². The maximum Gasteiger partial charge on any atom is 0.257 e. The van der Waals surface area contributed by atoms with E-state index < -0.39 is 21.5 Å². The lowest BCUT2D eigenvalue weighted by Crippen LogP contribution is -2.48. The van der Waals surface area contributed by atoms with Gasteiger partial charge in [0.15, 0.2) is 5.03 Å². The summed E-state index contributed by atoms with van der Waals surface area (Å²) in [6.07, 6.45) is 1.38. The average molecular weight is 260 g/mol.